The van der Waals surface area contributed by atoms with Gasteiger partial charge in [-0.1, -0.05) is 26.0 Å². The number of rotatable bonds is 4. The first kappa shape index (κ1) is 14.0. The molecule has 0 spiro atoms. The van der Waals surface area contributed by atoms with Crippen LogP contribution in [0.2, 0.25) is 0 Å². The van der Waals surface area contributed by atoms with E-state index >= 15 is 0 Å². The Kier molecular flexibility index (Phi) is 4.50. The number of nitrogens with one attached hydrogen (secondary N) is 3. The summed E-state index contributed by atoms with van der Waals surface area (Å²) in [4.78, 5) is 11.9. The van der Waals surface area contributed by atoms with Crippen LogP contribution in [0.4, 0.5) is 4.39 Å². The van der Waals surface area contributed by atoms with Gasteiger partial charge in [0.25, 0.3) is 0 Å². The van der Waals surface area contributed by atoms with Gasteiger partial charge < -0.3 is 5.32 Å². The molecule has 3 N–H and O–H groups in total. The fraction of sp³-hybridized carbons (Fsp3) is 0.500. The molecule has 5 heteroatoms. The topological polar surface area (TPSA) is 53.2 Å². The molecule has 1 saturated heterocycles. The van der Waals surface area contributed by atoms with Crippen molar-refractivity contribution in [2.45, 2.75) is 38.9 Å². The van der Waals surface area contributed by atoms with Gasteiger partial charge in [0.2, 0.25) is 5.91 Å². The maximum absolute atomic E-state index is 12.8. The highest BCUT2D eigenvalue weighted by molar-refractivity contribution is 5.78. The second kappa shape index (κ2) is 6.12. The molecular formula is C14H20FN3O. The van der Waals surface area contributed by atoms with Gasteiger partial charge in [-0.05, 0) is 30.0 Å². The van der Waals surface area contributed by atoms with E-state index in [0.29, 0.717) is 12.0 Å². The first-order chi connectivity index (χ1) is 9.04. The number of halogens is 1. The zero-order valence-electron chi connectivity index (χ0n) is 11.2. The molecule has 0 aromatic heterocycles. The summed E-state index contributed by atoms with van der Waals surface area (Å²) in [5.41, 5.74) is 7.05. The van der Waals surface area contributed by atoms with Crippen LogP contribution in [0, 0.1) is 11.7 Å². The predicted octanol–water partition coefficient (Wildman–Crippen LogP) is 1.33. The lowest BCUT2D eigenvalue weighted by Crippen LogP contribution is -2.45. The molecule has 1 aliphatic rings. The fourth-order valence-corrected chi connectivity index (χ4v) is 2.15. The summed E-state index contributed by atoms with van der Waals surface area (Å²) in [6, 6.07) is 6.37. The normalized spacial score (nSPS) is 22.7. The lowest BCUT2D eigenvalue weighted by molar-refractivity contribution is -0.121. The third-order valence-electron chi connectivity index (χ3n) is 3.35. The molecule has 19 heavy (non-hydrogen) atoms. The smallest absolute Gasteiger partial charge is 0.225 e. The average molecular weight is 265 g/mol. The lowest BCUT2D eigenvalue weighted by atomic mass is 10.0. The van der Waals surface area contributed by atoms with E-state index in [4.69, 9.17) is 0 Å². The molecule has 2 atom stereocenters. The Bertz CT molecular complexity index is 433. The highest BCUT2D eigenvalue weighted by Gasteiger charge is 2.26. The van der Waals surface area contributed by atoms with Gasteiger partial charge >= 0.3 is 0 Å². The number of carbonyl (C=O) groups excluding carboxylic acids is 1. The van der Waals surface area contributed by atoms with Crippen molar-refractivity contribution >= 4 is 5.91 Å². The molecule has 1 amide bonds. The van der Waals surface area contributed by atoms with E-state index in [0.717, 1.165) is 12.0 Å². The van der Waals surface area contributed by atoms with Crippen molar-refractivity contribution in [2.24, 2.45) is 5.92 Å². The van der Waals surface area contributed by atoms with Crippen molar-refractivity contribution in [3.05, 3.63) is 35.6 Å². The predicted molar refractivity (Wildman–Crippen MR) is 71.5 cm³/mol. The Balaban J connectivity index is 1.80. The van der Waals surface area contributed by atoms with Crippen molar-refractivity contribution in [1.82, 2.24) is 16.2 Å². The zero-order chi connectivity index (χ0) is 13.8. The van der Waals surface area contributed by atoms with Gasteiger partial charge in [-0.2, -0.15) is 0 Å². The maximum Gasteiger partial charge on any atom is 0.225 e. The molecule has 1 aromatic rings. The van der Waals surface area contributed by atoms with Crippen LogP contribution in [0.15, 0.2) is 24.3 Å². The van der Waals surface area contributed by atoms with Crippen LogP contribution in [-0.4, -0.2) is 18.1 Å². The molecular weight excluding hydrogens is 245 g/mol. The van der Waals surface area contributed by atoms with Gasteiger partial charge in [0.05, 0.1) is 12.6 Å². The Morgan fingerprint density at radius 3 is 2.63 bits per heavy atom. The van der Waals surface area contributed by atoms with Gasteiger partial charge in [0.15, 0.2) is 0 Å². The number of hydrazine groups is 1. The van der Waals surface area contributed by atoms with E-state index in [9.17, 15) is 9.18 Å². The molecule has 1 aromatic carbocycles. The van der Waals surface area contributed by atoms with Crippen LogP contribution in [-0.2, 0) is 11.2 Å². The zero-order valence-corrected chi connectivity index (χ0v) is 11.2. The summed E-state index contributed by atoms with van der Waals surface area (Å²) in [6.45, 7) is 4.28. The lowest BCUT2D eigenvalue weighted by Gasteiger charge is -2.13. The molecule has 1 fully saturated rings. The number of carbonyl (C=O) groups is 1. The SMILES string of the molecule is CC(C)C1CC(NC(=O)Cc2ccc(F)cc2)NN1. The van der Waals surface area contributed by atoms with E-state index in [1.165, 1.54) is 12.1 Å². The molecule has 1 heterocycles. The quantitative estimate of drug-likeness (QED) is 0.770. The summed E-state index contributed by atoms with van der Waals surface area (Å²) in [5.74, 6) is 0.174. The summed E-state index contributed by atoms with van der Waals surface area (Å²) < 4.78 is 12.8. The van der Waals surface area contributed by atoms with E-state index in [2.05, 4.69) is 30.0 Å². The monoisotopic (exact) mass is 265 g/mol. The second-order valence-corrected chi connectivity index (χ2v) is 5.30. The van der Waals surface area contributed by atoms with Crippen molar-refractivity contribution in [1.29, 1.82) is 0 Å². The number of amides is 1. The van der Waals surface area contributed by atoms with Gasteiger partial charge in [-0.15, -0.1) is 0 Å². The average Bonchev–Trinajstić information content (AvgIpc) is 2.80. The maximum atomic E-state index is 12.8. The van der Waals surface area contributed by atoms with E-state index in [1.807, 2.05) is 0 Å². The minimum absolute atomic E-state index is 0.0413. The largest absolute Gasteiger partial charge is 0.339 e. The third-order valence-corrected chi connectivity index (χ3v) is 3.35. The number of benzene rings is 1. The summed E-state index contributed by atoms with van der Waals surface area (Å²) in [5, 5.41) is 2.92. The van der Waals surface area contributed by atoms with Crippen LogP contribution in [0.3, 0.4) is 0 Å². The Morgan fingerprint density at radius 2 is 2.05 bits per heavy atom. The molecule has 0 saturated carbocycles. The van der Waals surface area contributed by atoms with Crippen molar-refractivity contribution in [2.75, 3.05) is 0 Å². The highest BCUT2D eigenvalue weighted by atomic mass is 19.1. The summed E-state index contributed by atoms with van der Waals surface area (Å²) in [7, 11) is 0. The van der Waals surface area contributed by atoms with Crippen LogP contribution < -0.4 is 16.2 Å². The van der Waals surface area contributed by atoms with Crippen LogP contribution >= 0.6 is 0 Å². The van der Waals surface area contributed by atoms with Gasteiger partial charge in [0.1, 0.15) is 5.82 Å². The Labute approximate surface area is 112 Å². The summed E-state index contributed by atoms with van der Waals surface area (Å²) in [6.07, 6.45) is 1.10. The minimum atomic E-state index is -0.286. The molecule has 0 aliphatic carbocycles. The molecule has 104 valence electrons. The van der Waals surface area contributed by atoms with Gasteiger partial charge in [0, 0.05) is 6.04 Å². The second-order valence-electron chi connectivity index (χ2n) is 5.30. The molecule has 4 nitrogen and oxygen atoms in total. The van der Waals surface area contributed by atoms with Crippen LogP contribution in [0.5, 0.6) is 0 Å². The van der Waals surface area contributed by atoms with Crippen molar-refractivity contribution in [3.63, 3.8) is 0 Å². The molecule has 2 rings (SSSR count). The van der Waals surface area contributed by atoms with Gasteiger partial charge in [-0.3, -0.25) is 10.2 Å². The van der Waals surface area contributed by atoms with E-state index in [1.54, 1.807) is 12.1 Å². The number of hydrogen-bond donors (Lipinski definition) is 3. The van der Waals surface area contributed by atoms with Crippen molar-refractivity contribution in [3.8, 4) is 0 Å². The standard InChI is InChI=1S/C14H20FN3O/c1-9(2)12-8-13(18-17-12)16-14(19)7-10-3-5-11(15)6-4-10/h3-6,9,12-13,17-18H,7-8H2,1-2H3,(H,16,19). The molecule has 0 bridgehead atoms. The fourth-order valence-electron chi connectivity index (χ4n) is 2.15. The molecule has 0 radical (unpaired) electrons. The Hall–Kier alpha value is -1.46. The van der Waals surface area contributed by atoms with E-state index < -0.39 is 0 Å². The number of hydrogen-bond acceptors (Lipinski definition) is 3. The molecule has 2 unspecified atom stereocenters. The third kappa shape index (κ3) is 4.01. The Morgan fingerprint density at radius 1 is 1.37 bits per heavy atom. The van der Waals surface area contributed by atoms with Crippen molar-refractivity contribution < 1.29 is 9.18 Å². The first-order valence-corrected chi connectivity index (χ1v) is 6.59. The minimum Gasteiger partial charge on any atom is -0.339 e. The molecule has 1 aliphatic heterocycles. The van der Waals surface area contributed by atoms with Gasteiger partial charge in [-0.25, -0.2) is 9.82 Å². The van der Waals surface area contributed by atoms with Crippen LogP contribution in [0.1, 0.15) is 25.8 Å². The highest BCUT2D eigenvalue weighted by Crippen LogP contribution is 2.12. The van der Waals surface area contributed by atoms with E-state index in [-0.39, 0.29) is 24.3 Å². The summed E-state index contributed by atoms with van der Waals surface area (Å²) >= 11 is 0. The first-order valence-electron chi connectivity index (χ1n) is 6.59. The van der Waals surface area contributed by atoms with Crippen LogP contribution in [0.25, 0.3) is 0 Å².